The minimum Gasteiger partial charge on any atom is -0.475 e. The maximum atomic E-state index is 12.7. The Kier molecular flexibility index (Phi) is 7.38. The van der Waals surface area contributed by atoms with Crippen molar-refractivity contribution in [2.75, 3.05) is 19.7 Å². The Bertz CT molecular complexity index is 996. The van der Waals surface area contributed by atoms with E-state index < -0.39 is 12.1 Å². The lowest BCUT2D eigenvalue weighted by Crippen LogP contribution is -2.36. The first-order valence-corrected chi connectivity index (χ1v) is 10.2. The lowest BCUT2D eigenvalue weighted by molar-refractivity contribution is -0.192. The summed E-state index contributed by atoms with van der Waals surface area (Å²) in [5.74, 6) is -2.74. The maximum Gasteiger partial charge on any atom is 0.490 e. The molecule has 2 saturated heterocycles. The fourth-order valence-electron chi connectivity index (χ4n) is 3.84. The second kappa shape index (κ2) is 9.87. The van der Waals surface area contributed by atoms with Crippen molar-refractivity contribution >= 4 is 11.9 Å². The van der Waals surface area contributed by atoms with Crippen molar-refractivity contribution in [3.63, 3.8) is 0 Å². The third kappa shape index (κ3) is 6.29. The lowest BCUT2D eigenvalue weighted by Gasteiger charge is -2.23. The highest BCUT2D eigenvalue weighted by Crippen LogP contribution is 2.37. The summed E-state index contributed by atoms with van der Waals surface area (Å²) in [6.07, 6.45) is -1.73. The van der Waals surface area contributed by atoms with Gasteiger partial charge >= 0.3 is 12.1 Å². The van der Waals surface area contributed by atoms with E-state index >= 15 is 0 Å². The molecule has 180 valence electrons. The Morgan fingerprint density at radius 1 is 1.33 bits per heavy atom. The topological polar surface area (TPSA) is 107 Å². The average Bonchev–Trinajstić information content (AvgIpc) is 3.47. The molecule has 0 aromatic carbocycles. The normalized spacial score (nSPS) is 22.3. The molecule has 0 radical (unpaired) electrons. The number of carboxylic acids is 1. The summed E-state index contributed by atoms with van der Waals surface area (Å²) in [5, 5.41) is 11.2. The van der Waals surface area contributed by atoms with Gasteiger partial charge in [0.15, 0.2) is 0 Å². The molecule has 0 saturated carbocycles. The molecule has 4 rings (SSSR count). The third-order valence-electron chi connectivity index (χ3n) is 5.47. The van der Waals surface area contributed by atoms with Crippen LogP contribution in [0.2, 0.25) is 0 Å². The number of nitrogens with zero attached hydrogens (tertiary/aromatic N) is 4. The van der Waals surface area contributed by atoms with Gasteiger partial charge in [0.25, 0.3) is 5.91 Å². The minimum atomic E-state index is -5.08. The van der Waals surface area contributed by atoms with E-state index in [4.69, 9.17) is 19.4 Å². The monoisotopic (exact) mass is 470 g/mol. The number of halogens is 3. The number of hydrogen-bond acceptors (Lipinski definition) is 6. The Morgan fingerprint density at radius 3 is 2.67 bits per heavy atom. The van der Waals surface area contributed by atoms with Crippen molar-refractivity contribution in [3.8, 4) is 0 Å². The first kappa shape index (κ1) is 24.6. The quantitative estimate of drug-likeness (QED) is 0.731. The molecule has 2 aliphatic heterocycles. The van der Waals surface area contributed by atoms with Crippen LogP contribution in [0.25, 0.3) is 0 Å². The van der Waals surface area contributed by atoms with E-state index in [2.05, 4.69) is 10.1 Å². The van der Waals surface area contributed by atoms with Crippen molar-refractivity contribution < 1.29 is 37.3 Å². The van der Waals surface area contributed by atoms with Crippen LogP contribution in [0, 0.1) is 6.92 Å². The molecule has 0 bridgehead atoms. The fourth-order valence-corrected chi connectivity index (χ4v) is 3.84. The van der Waals surface area contributed by atoms with Crippen LogP contribution in [-0.2, 0) is 27.9 Å². The van der Waals surface area contributed by atoms with E-state index in [1.807, 2.05) is 30.0 Å². The predicted molar refractivity (Wildman–Crippen MR) is 108 cm³/mol. The van der Waals surface area contributed by atoms with Gasteiger partial charge in [0, 0.05) is 31.9 Å². The highest BCUT2D eigenvalue weighted by Gasteiger charge is 2.47. The first-order valence-electron chi connectivity index (χ1n) is 10.2. The number of aryl methyl sites for hydroxylation is 2. The molecule has 1 spiro atoms. The van der Waals surface area contributed by atoms with Crippen LogP contribution in [0.5, 0.6) is 0 Å². The number of carbonyl (C=O) groups excluding carboxylic acids is 1. The van der Waals surface area contributed by atoms with Crippen LogP contribution in [-0.4, -0.2) is 74.2 Å². The number of hydrogen-bond donors (Lipinski definition) is 1. The number of aliphatic carboxylic acids is 1. The molecule has 33 heavy (non-hydrogen) atoms. The highest BCUT2D eigenvalue weighted by atomic mass is 19.4. The molecule has 1 amide bonds. The Hall–Kier alpha value is -2.99. The van der Waals surface area contributed by atoms with Crippen LogP contribution in [0.1, 0.15) is 34.7 Å². The maximum absolute atomic E-state index is 12.7. The van der Waals surface area contributed by atoms with Crippen LogP contribution in [0.4, 0.5) is 13.2 Å². The number of alkyl halides is 3. The summed E-state index contributed by atoms with van der Waals surface area (Å²) >= 11 is 0. The number of carboxylic acid groups (broad SMARTS) is 1. The van der Waals surface area contributed by atoms with Gasteiger partial charge in [-0.3, -0.25) is 14.5 Å². The van der Waals surface area contributed by atoms with E-state index in [1.165, 1.54) is 0 Å². The van der Waals surface area contributed by atoms with Gasteiger partial charge < -0.3 is 19.5 Å². The van der Waals surface area contributed by atoms with E-state index in [1.54, 1.807) is 24.0 Å². The largest absolute Gasteiger partial charge is 0.490 e. The molecule has 0 unspecified atom stereocenters. The summed E-state index contributed by atoms with van der Waals surface area (Å²) in [6, 6.07) is 7.70. The molecule has 2 atom stereocenters. The van der Waals surface area contributed by atoms with Gasteiger partial charge in [-0.25, -0.2) is 4.79 Å². The Morgan fingerprint density at radius 2 is 2.06 bits per heavy atom. The molecule has 2 aliphatic rings. The molecular formula is C21H25F3N4O5. The van der Waals surface area contributed by atoms with Crippen molar-refractivity contribution in [1.29, 1.82) is 0 Å². The zero-order valence-corrected chi connectivity index (χ0v) is 18.2. The Balaban J connectivity index is 0.000000383. The number of amides is 1. The Labute approximate surface area is 188 Å². The molecular weight excluding hydrogens is 445 g/mol. The number of rotatable bonds is 4. The summed E-state index contributed by atoms with van der Waals surface area (Å²) in [5.41, 5.74) is 2.26. The number of ether oxygens (including phenoxy) is 2. The SMILES string of the molecule is Cc1cccc(CO[C@H]2CO[C@@]3(CCN(C(=O)c4ccnn4C)C3)C2)n1.O=C(O)C(F)(F)F. The van der Waals surface area contributed by atoms with Gasteiger partial charge in [-0.05, 0) is 31.5 Å². The zero-order valence-electron chi connectivity index (χ0n) is 18.2. The predicted octanol–water partition coefficient (Wildman–Crippen LogP) is 2.35. The van der Waals surface area contributed by atoms with Crippen LogP contribution in [0.15, 0.2) is 30.5 Å². The van der Waals surface area contributed by atoms with Gasteiger partial charge in [-0.2, -0.15) is 18.3 Å². The van der Waals surface area contributed by atoms with Gasteiger partial charge in [0.05, 0.1) is 37.2 Å². The van der Waals surface area contributed by atoms with Crippen LogP contribution >= 0.6 is 0 Å². The van der Waals surface area contributed by atoms with Gasteiger partial charge in [0.1, 0.15) is 5.69 Å². The summed E-state index contributed by atoms with van der Waals surface area (Å²) in [6.45, 7) is 4.35. The molecule has 12 heteroatoms. The van der Waals surface area contributed by atoms with E-state index in [0.717, 1.165) is 24.2 Å². The van der Waals surface area contributed by atoms with Crippen molar-refractivity contribution in [2.45, 2.75) is 44.3 Å². The molecule has 0 aliphatic carbocycles. The van der Waals surface area contributed by atoms with E-state index in [0.29, 0.717) is 32.0 Å². The number of pyridine rings is 1. The average molecular weight is 470 g/mol. The second-order valence-corrected chi connectivity index (χ2v) is 8.02. The van der Waals surface area contributed by atoms with E-state index in [9.17, 15) is 18.0 Å². The van der Waals surface area contributed by atoms with Crippen molar-refractivity contribution in [3.05, 3.63) is 47.5 Å². The molecule has 9 nitrogen and oxygen atoms in total. The van der Waals surface area contributed by atoms with Gasteiger partial charge in [0.2, 0.25) is 0 Å². The van der Waals surface area contributed by atoms with Gasteiger partial charge in [-0.15, -0.1) is 0 Å². The number of aromatic nitrogens is 3. The summed E-state index contributed by atoms with van der Waals surface area (Å²) in [4.78, 5) is 27.9. The van der Waals surface area contributed by atoms with E-state index in [-0.39, 0.29) is 17.6 Å². The first-order chi connectivity index (χ1) is 15.5. The van der Waals surface area contributed by atoms with Crippen LogP contribution < -0.4 is 0 Å². The fraction of sp³-hybridized carbons (Fsp3) is 0.524. The third-order valence-corrected chi connectivity index (χ3v) is 5.47. The molecule has 4 heterocycles. The standard InChI is InChI=1S/C19H24N4O3.C2HF3O2/c1-14-4-3-5-15(21-14)11-25-16-10-19(26-12-16)7-9-23(13-19)18(24)17-6-8-20-22(17)2;3-2(4,5)1(6)7/h3-6,8,16H,7,9-13H2,1-2H3;(H,6,7)/t16-,19+;/m1./s1. The molecule has 2 aromatic rings. The molecule has 1 N–H and O–H groups in total. The zero-order chi connectivity index (χ0) is 24.2. The van der Waals surface area contributed by atoms with Crippen LogP contribution in [0.3, 0.4) is 0 Å². The van der Waals surface area contributed by atoms with Gasteiger partial charge in [-0.1, -0.05) is 6.07 Å². The van der Waals surface area contributed by atoms with Crippen molar-refractivity contribution in [1.82, 2.24) is 19.7 Å². The number of likely N-dealkylation sites (tertiary alicyclic amines) is 1. The minimum absolute atomic E-state index is 0.0128. The smallest absolute Gasteiger partial charge is 0.475 e. The molecule has 2 aromatic heterocycles. The summed E-state index contributed by atoms with van der Waals surface area (Å²) in [7, 11) is 1.79. The second-order valence-electron chi connectivity index (χ2n) is 8.02. The number of carbonyl (C=O) groups is 2. The molecule has 2 fully saturated rings. The highest BCUT2D eigenvalue weighted by molar-refractivity contribution is 5.92. The van der Waals surface area contributed by atoms with Crippen molar-refractivity contribution in [2.24, 2.45) is 7.05 Å². The lowest BCUT2D eigenvalue weighted by atomic mass is 9.98. The summed E-state index contributed by atoms with van der Waals surface area (Å²) < 4.78 is 45.5.